The third-order valence-corrected chi connectivity index (χ3v) is 6.58. The van der Waals surface area contributed by atoms with Crippen LogP contribution in [0.1, 0.15) is 12.5 Å². The molecule has 0 spiro atoms. The zero-order valence-corrected chi connectivity index (χ0v) is 18.1. The van der Waals surface area contributed by atoms with E-state index in [0.717, 1.165) is 5.56 Å². The van der Waals surface area contributed by atoms with Gasteiger partial charge in [-0.05, 0) is 11.6 Å². The molecule has 1 amide bonds. The lowest BCUT2D eigenvalue weighted by molar-refractivity contribution is -0.477. The molecule has 7 nitrogen and oxygen atoms in total. The molecule has 3 aliphatic rings. The van der Waals surface area contributed by atoms with Gasteiger partial charge in [-0.3, -0.25) is 0 Å². The van der Waals surface area contributed by atoms with Gasteiger partial charge >= 0.3 is 12.1 Å². The Bertz CT molecular complexity index is 652. The number of carbonyl (C=O) groups excluding carboxylic acids is 1. The van der Waals surface area contributed by atoms with Gasteiger partial charge in [0, 0.05) is 13.5 Å². The van der Waals surface area contributed by atoms with E-state index < -0.39 is 32.3 Å². The smallest absolute Gasteiger partial charge is 0.408 e. The molecule has 2 N–H and O–H groups in total. The third-order valence-electron chi connectivity index (χ3n) is 4.94. The normalized spacial score (nSPS) is 29.2. The van der Waals surface area contributed by atoms with Gasteiger partial charge in [-0.15, -0.1) is 0 Å². The predicted octanol–water partition coefficient (Wildman–Crippen LogP) is 2.72. The summed E-state index contributed by atoms with van der Waals surface area (Å²) < 4.78 is 22.9. The number of alkyl carbamates (subject to hydrolysis) is 1. The lowest BCUT2D eigenvalue weighted by Gasteiger charge is -2.53. The number of amides is 1. The third kappa shape index (κ3) is 5.12. The van der Waals surface area contributed by atoms with Gasteiger partial charge in [0.25, 0.3) is 0 Å². The van der Waals surface area contributed by atoms with E-state index in [4.69, 9.17) is 18.9 Å². The lowest BCUT2D eigenvalue weighted by atomic mass is 9.90. The summed E-state index contributed by atoms with van der Waals surface area (Å²) in [7, 11) is -1.63. The zero-order chi connectivity index (χ0) is 20.4. The van der Waals surface area contributed by atoms with E-state index >= 15 is 0 Å². The number of nitrogens with one attached hydrogen (secondary N) is 1. The van der Waals surface area contributed by atoms with Gasteiger partial charge in [0.05, 0.1) is 25.9 Å². The molecule has 3 aliphatic heterocycles. The summed E-state index contributed by atoms with van der Waals surface area (Å²) in [5.74, 6) is -1.48. The van der Waals surface area contributed by atoms with Crippen LogP contribution in [0.3, 0.4) is 0 Å². The molecular weight excluding hydrogens is 378 g/mol. The summed E-state index contributed by atoms with van der Waals surface area (Å²) in [6.45, 7) is 9.96. The van der Waals surface area contributed by atoms with Crippen molar-refractivity contribution in [2.45, 2.75) is 57.3 Å². The molecule has 3 heterocycles. The Morgan fingerprint density at radius 3 is 2.29 bits per heavy atom. The Kier molecular flexibility index (Phi) is 6.16. The van der Waals surface area contributed by atoms with Gasteiger partial charge in [-0.25, -0.2) is 4.79 Å². The summed E-state index contributed by atoms with van der Waals surface area (Å²) in [4.78, 5) is 12.5. The number of hydrogen-bond acceptors (Lipinski definition) is 6. The Hall–Kier alpha value is -1.45. The van der Waals surface area contributed by atoms with Crippen LogP contribution in [-0.2, 0) is 25.6 Å². The Labute approximate surface area is 167 Å². The first-order chi connectivity index (χ1) is 13.1. The van der Waals surface area contributed by atoms with Crippen LogP contribution in [-0.4, -0.2) is 57.2 Å². The van der Waals surface area contributed by atoms with Crippen LogP contribution < -0.4 is 5.32 Å². The molecule has 1 aromatic rings. The molecule has 0 unspecified atom stereocenters. The predicted molar refractivity (Wildman–Crippen MR) is 106 cm³/mol. The molecule has 2 bridgehead atoms. The van der Waals surface area contributed by atoms with E-state index in [1.54, 1.807) is 0 Å². The van der Waals surface area contributed by atoms with E-state index in [0.29, 0.717) is 25.9 Å². The van der Waals surface area contributed by atoms with Crippen LogP contribution in [0.2, 0.25) is 25.7 Å². The molecule has 28 heavy (non-hydrogen) atoms. The highest BCUT2D eigenvalue weighted by molar-refractivity contribution is 6.76. The maximum absolute atomic E-state index is 12.5. The zero-order valence-electron chi connectivity index (χ0n) is 17.1. The minimum Gasteiger partial charge on any atom is -0.445 e. The number of rotatable bonds is 7. The summed E-state index contributed by atoms with van der Waals surface area (Å²) >= 11 is 0. The van der Waals surface area contributed by atoms with Gasteiger partial charge < -0.3 is 29.4 Å². The number of ether oxygens (including phenoxy) is 4. The molecular formula is C20H31NO6Si. The topological polar surface area (TPSA) is 86.3 Å². The van der Waals surface area contributed by atoms with E-state index in [9.17, 15) is 9.90 Å². The van der Waals surface area contributed by atoms with Crippen molar-refractivity contribution in [2.24, 2.45) is 5.41 Å². The minimum atomic E-state index is -1.63. The monoisotopic (exact) mass is 409 g/mol. The Balaban J connectivity index is 1.70. The van der Waals surface area contributed by atoms with Gasteiger partial charge in [-0.1, -0.05) is 56.9 Å². The molecule has 0 radical (unpaired) electrons. The van der Waals surface area contributed by atoms with Crippen molar-refractivity contribution in [3.8, 4) is 0 Å². The fourth-order valence-electron chi connectivity index (χ4n) is 3.40. The van der Waals surface area contributed by atoms with Crippen LogP contribution in [0.4, 0.5) is 4.79 Å². The quantitative estimate of drug-likeness (QED) is 0.674. The second kappa shape index (κ2) is 8.12. The number of carbonyl (C=O) groups is 1. The summed E-state index contributed by atoms with van der Waals surface area (Å²) in [5.41, 5.74) is 0.675. The first-order valence-corrected chi connectivity index (χ1v) is 13.4. The fourth-order valence-corrected chi connectivity index (χ4v) is 4.89. The first kappa shape index (κ1) is 21.3. The number of hydrogen-bond donors (Lipinski definition) is 2. The molecule has 4 rings (SSSR count). The van der Waals surface area contributed by atoms with Crippen LogP contribution in [0.25, 0.3) is 0 Å². The maximum atomic E-state index is 12.5. The first-order valence-electron chi connectivity index (χ1n) is 9.68. The van der Waals surface area contributed by atoms with Crippen molar-refractivity contribution >= 4 is 14.2 Å². The molecule has 156 valence electrons. The van der Waals surface area contributed by atoms with Crippen LogP contribution >= 0.6 is 0 Å². The molecule has 3 fully saturated rings. The maximum Gasteiger partial charge on any atom is 0.408 e. The average Bonchev–Trinajstić information content (AvgIpc) is 2.65. The van der Waals surface area contributed by atoms with E-state index in [1.165, 1.54) is 0 Å². The standard InChI is InChI=1S/C20H31NO6Si/c1-19-12-25-20(26-13-19,27-14-19)17(16(22)11-28(2,3)4)21-18(23)24-10-15-8-6-5-7-9-15/h5-9,16-17,22H,10-14H2,1-4H3,(H,21,23)/t16-,17+,19?,20?/m1/s1. The number of benzene rings is 1. The highest BCUT2D eigenvalue weighted by Crippen LogP contribution is 2.41. The SMILES string of the molecule is CC12COC([C@@H](NC(=O)OCc3ccccc3)[C@H](O)C[Si](C)(C)C)(OC1)OC2. The van der Waals surface area contributed by atoms with Gasteiger partial charge in [0.15, 0.2) is 0 Å². The minimum absolute atomic E-state index is 0.136. The summed E-state index contributed by atoms with van der Waals surface area (Å²) in [5, 5.41) is 13.7. The highest BCUT2D eigenvalue weighted by Gasteiger charge is 2.57. The molecule has 2 atom stereocenters. The van der Waals surface area contributed by atoms with E-state index in [-0.39, 0.29) is 12.0 Å². The molecule has 1 aromatic carbocycles. The second-order valence-electron chi connectivity index (χ2n) is 9.30. The van der Waals surface area contributed by atoms with Gasteiger partial charge in [0.1, 0.15) is 12.6 Å². The van der Waals surface area contributed by atoms with Crippen LogP contribution in [0, 0.1) is 5.41 Å². The largest absolute Gasteiger partial charge is 0.445 e. The molecule has 0 saturated carbocycles. The lowest BCUT2D eigenvalue weighted by Crippen LogP contribution is -2.70. The highest BCUT2D eigenvalue weighted by atomic mass is 28.3. The second-order valence-corrected chi connectivity index (χ2v) is 14.8. The van der Waals surface area contributed by atoms with E-state index in [1.807, 2.05) is 37.3 Å². The van der Waals surface area contributed by atoms with Crippen molar-refractivity contribution in [2.75, 3.05) is 19.8 Å². The van der Waals surface area contributed by atoms with Crippen molar-refractivity contribution in [1.82, 2.24) is 5.32 Å². The number of aliphatic hydroxyl groups excluding tert-OH is 1. The van der Waals surface area contributed by atoms with Crippen LogP contribution in [0.5, 0.6) is 0 Å². The summed E-state index contributed by atoms with van der Waals surface area (Å²) in [6, 6.07) is 9.10. The van der Waals surface area contributed by atoms with Crippen molar-refractivity contribution in [3.63, 3.8) is 0 Å². The van der Waals surface area contributed by atoms with Crippen molar-refractivity contribution in [3.05, 3.63) is 35.9 Å². The molecule has 3 saturated heterocycles. The van der Waals surface area contributed by atoms with Crippen LogP contribution in [0.15, 0.2) is 30.3 Å². The van der Waals surface area contributed by atoms with Crippen molar-refractivity contribution < 1.29 is 28.8 Å². The average molecular weight is 410 g/mol. The Morgan fingerprint density at radius 1 is 1.18 bits per heavy atom. The number of fused-ring (bicyclic) bond motifs is 3. The summed E-state index contributed by atoms with van der Waals surface area (Å²) in [6.07, 6.45) is -1.52. The van der Waals surface area contributed by atoms with Gasteiger partial charge in [0.2, 0.25) is 0 Å². The van der Waals surface area contributed by atoms with Gasteiger partial charge in [-0.2, -0.15) is 0 Å². The van der Waals surface area contributed by atoms with Crippen molar-refractivity contribution in [1.29, 1.82) is 0 Å². The Morgan fingerprint density at radius 2 is 1.75 bits per heavy atom. The molecule has 8 heteroatoms. The molecule has 0 aromatic heterocycles. The number of aliphatic hydroxyl groups is 1. The molecule has 0 aliphatic carbocycles. The fraction of sp³-hybridized carbons (Fsp3) is 0.650. The van der Waals surface area contributed by atoms with E-state index in [2.05, 4.69) is 25.0 Å².